The van der Waals surface area contributed by atoms with Crippen molar-refractivity contribution >= 4 is 34.0 Å². The summed E-state index contributed by atoms with van der Waals surface area (Å²) in [5.41, 5.74) is 3.07. The van der Waals surface area contributed by atoms with Crippen molar-refractivity contribution in [1.29, 1.82) is 0 Å². The number of rotatable bonds is 10. The van der Waals surface area contributed by atoms with Gasteiger partial charge in [-0.1, -0.05) is 12.1 Å². The van der Waals surface area contributed by atoms with Gasteiger partial charge < -0.3 is 20.7 Å². The molecule has 3 aromatic rings. The van der Waals surface area contributed by atoms with Gasteiger partial charge in [-0.3, -0.25) is 0 Å². The number of fused-ring (bicyclic) bond motifs is 1. The molecule has 0 aliphatic heterocycles. The lowest BCUT2D eigenvalue weighted by atomic mass is 10.1. The molecule has 0 saturated heterocycles. The third-order valence-electron chi connectivity index (χ3n) is 4.95. The molecule has 3 N–H and O–H groups in total. The molecule has 7 nitrogen and oxygen atoms in total. The lowest BCUT2D eigenvalue weighted by molar-refractivity contribution is 0.195. The molecule has 0 unspecified atom stereocenters. The van der Waals surface area contributed by atoms with Crippen molar-refractivity contribution in [2.75, 3.05) is 30.9 Å². The Morgan fingerprint density at radius 3 is 2.59 bits per heavy atom. The first kappa shape index (κ1) is 23.4. The normalized spacial score (nSPS) is 11.4. The van der Waals surface area contributed by atoms with E-state index in [9.17, 15) is 9.18 Å². The van der Waals surface area contributed by atoms with E-state index in [2.05, 4.69) is 38.3 Å². The van der Waals surface area contributed by atoms with Crippen molar-refractivity contribution in [3.8, 4) is 0 Å². The highest BCUT2D eigenvalue weighted by Crippen LogP contribution is 2.26. The van der Waals surface area contributed by atoms with Crippen LogP contribution in [0.25, 0.3) is 10.9 Å². The summed E-state index contributed by atoms with van der Waals surface area (Å²) in [5.74, 6) is 0. The molecule has 8 heteroatoms. The monoisotopic (exact) mass is 439 g/mol. The number of anilines is 3. The minimum atomic E-state index is -1.31. The van der Waals surface area contributed by atoms with Crippen LogP contribution in [0.5, 0.6) is 0 Å². The number of nitrogens with one attached hydrogen (secondary N) is 3. The number of carbonyl (C=O) groups is 1. The lowest BCUT2D eigenvalue weighted by Crippen LogP contribution is -2.32. The van der Waals surface area contributed by atoms with E-state index in [0.29, 0.717) is 5.69 Å². The molecule has 0 spiro atoms. The van der Waals surface area contributed by atoms with Gasteiger partial charge in [-0.15, -0.1) is 0 Å². The van der Waals surface area contributed by atoms with E-state index in [-0.39, 0.29) is 19.0 Å². The molecule has 0 aliphatic carbocycles. The van der Waals surface area contributed by atoms with Gasteiger partial charge in [0.1, 0.15) is 5.67 Å². The van der Waals surface area contributed by atoms with Crippen LogP contribution in [0.2, 0.25) is 0 Å². The van der Waals surface area contributed by atoms with Crippen LogP contribution in [0.3, 0.4) is 0 Å². The first-order chi connectivity index (χ1) is 15.3. The predicted molar refractivity (Wildman–Crippen MR) is 126 cm³/mol. The zero-order chi connectivity index (χ0) is 23.0. The molecule has 32 heavy (non-hydrogen) atoms. The summed E-state index contributed by atoms with van der Waals surface area (Å²) in [7, 11) is 1.71. The average molecular weight is 440 g/mol. The Morgan fingerprint density at radius 1 is 1.12 bits per heavy atom. The summed E-state index contributed by atoms with van der Waals surface area (Å²) < 4.78 is 18.6. The van der Waals surface area contributed by atoms with Gasteiger partial charge in [0.25, 0.3) is 0 Å². The number of amides is 2. The van der Waals surface area contributed by atoms with Crippen LogP contribution in [0.15, 0.2) is 48.7 Å². The molecule has 2 aromatic carbocycles. The fourth-order valence-corrected chi connectivity index (χ4v) is 3.22. The van der Waals surface area contributed by atoms with Crippen LogP contribution in [0.1, 0.15) is 32.3 Å². The van der Waals surface area contributed by atoms with Crippen molar-refractivity contribution in [1.82, 2.24) is 15.5 Å². The topological polar surface area (TPSA) is 88.2 Å². The number of benzene rings is 2. The Balaban J connectivity index is 1.60. The van der Waals surface area contributed by atoms with Crippen molar-refractivity contribution in [2.24, 2.45) is 0 Å². The van der Waals surface area contributed by atoms with E-state index in [1.807, 2.05) is 18.2 Å². The highest BCUT2D eigenvalue weighted by atomic mass is 19.1. The van der Waals surface area contributed by atoms with E-state index >= 15 is 0 Å². The number of ether oxygens (including phenoxy) is 1. The van der Waals surface area contributed by atoms with E-state index in [4.69, 9.17) is 4.74 Å². The molecule has 0 aliphatic rings. The Hall–Kier alpha value is -3.26. The summed E-state index contributed by atoms with van der Waals surface area (Å²) in [4.78, 5) is 11.9. The van der Waals surface area contributed by atoms with Crippen LogP contribution in [-0.2, 0) is 11.2 Å². The molecule has 1 heterocycles. The zero-order valence-corrected chi connectivity index (χ0v) is 18.7. The summed E-state index contributed by atoms with van der Waals surface area (Å²) in [6.07, 6.45) is 3.83. The number of hydrogen-bond donors (Lipinski definition) is 3. The smallest absolute Gasteiger partial charge is 0.319 e. The zero-order valence-electron chi connectivity index (χ0n) is 18.7. The number of aryl methyl sites for hydroxylation is 1. The Bertz CT molecular complexity index is 1030. The fraction of sp³-hybridized carbons (Fsp3) is 0.375. The van der Waals surface area contributed by atoms with Gasteiger partial charge in [-0.25, -0.2) is 9.18 Å². The van der Waals surface area contributed by atoms with Crippen LogP contribution >= 0.6 is 0 Å². The van der Waals surface area contributed by atoms with Crippen molar-refractivity contribution < 1.29 is 13.9 Å². The molecular weight excluding hydrogens is 409 g/mol. The average Bonchev–Trinajstić information content (AvgIpc) is 2.74. The molecule has 3 rings (SSSR count). The first-order valence-electron chi connectivity index (χ1n) is 10.7. The summed E-state index contributed by atoms with van der Waals surface area (Å²) in [6.45, 7) is 3.97. The second-order valence-electron chi connectivity index (χ2n) is 8.26. The fourth-order valence-electron chi connectivity index (χ4n) is 3.22. The molecule has 0 bridgehead atoms. The standard InChI is InChI=1S/C24H30FN5O2/c1-24(2,25)12-13-26-23(31)29-19-9-7-18(8-10-19)28-22-16-27-30-21-15-17(5-4-14-32-3)6-11-20(21)22/h6-11,15-16H,4-5,12-14H2,1-3H3,(H,28,30)(H2,26,29,31). The number of nitrogens with zero attached hydrogens (tertiary/aromatic N) is 2. The maximum absolute atomic E-state index is 13.5. The van der Waals surface area contributed by atoms with E-state index in [1.54, 1.807) is 25.4 Å². The highest BCUT2D eigenvalue weighted by molar-refractivity contribution is 5.93. The number of alkyl halides is 1. The predicted octanol–water partition coefficient (Wildman–Crippen LogP) is 5.21. The number of carbonyl (C=O) groups excluding carboxylic acids is 1. The molecular formula is C24H30FN5O2. The van der Waals surface area contributed by atoms with Gasteiger partial charge in [0.05, 0.1) is 17.4 Å². The maximum atomic E-state index is 13.5. The molecule has 1 aromatic heterocycles. The van der Waals surface area contributed by atoms with Crippen LogP contribution in [0.4, 0.5) is 26.2 Å². The van der Waals surface area contributed by atoms with E-state index in [0.717, 1.165) is 41.7 Å². The molecule has 0 radical (unpaired) electrons. The molecule has 0 atom stereocenters. The second-order valence-corrected chi connectivity index (χ2v) is 8.26. The Kier molecular flexibility index (Phi) is 7.94. The van der Waals surface area contributed by atoms with Crippen LogP contribution < -0.4 is 16.0 Å². The van der Waals surface area contributed by atoms with E-state index in [1.165, 1.54) is 19.4 Å². The number of urea groups is 1. The van der Waals surface area contributed by atoms with Gasteiger partial charge in [-0.2, -0.15) is 10.2 Å². The molecule has 0 fully saturated rings. The van der Waals surface area contributed by atoms with Gasteiger partial charge in [0.2, 0.25) is 0 Å². The number of methoxy groups -OCH3 is 1. The van der Waals surface area contributed by atoms with Crippen molar-refractivity contribution in [3.05, 3.63) is 54.2 Å². The summed E-state index contributed by atoms with van der Waals surface area (Å²) >= 11 is 0. The third kappa shape index (κ3) is 7.16. The van der Waals surface area contributed by atoms with E-state index < -0.39 is 5.67 Å². The van der Waals surface area contributed by atoms with Gasteiger partial charge in [-0.05, 0) is 69.0 Å². The molecule has 2 amide bonds. The van der Waals surface area contributed by atoms with Gasteiger partial charge >= 0.3 is 6.03 Å². The minimum Gasteiger partial charge on any atom is -0.385 e. The van der Waals surface area contributed by atoms with Gasteiger partial charge in [0, 0.05) is 37.0 Å². The quantitative estimate of drug-likeness (QED) is 0.377. The molecule has 0 saturated carbocycles. The molecule has 170 valence electrons. The largest absolute Gasteiger partial charge is 0.385 e. The Morgan fingerprint density at radius 2 is 1.88 bits per heavy atom. The number of hydrogen-bond acceptors (Lipinski definition) is 5. The summed E-state index contributed by atoms with van der Waals surface area (Å²) in [6, 6.07) is 13.2. The summed E-state index contributed by atoms with van der Waals surface area (Å²) in [5, 5.41) is 18.1. The van der Waals surface area contributed by atoms with Crippen LogP contribution in [0, 0.1) is 0 Å². The number of aromatic nitrogens is 2. The SMILES string of the molecule is COCCCc1ccc2c(Nc3ccc(NC(=O)NCCC(C)(C)F)cc3)cnnc2c1. The van der Waals surface area contributed by atoms with Crippen molar-refractivity contribution in [2.45, 2.75) is 38.8 Å². The van der Waals surface area contributed by atoms with Crippen LogP contribution in [-0.4, -0.2) is 42.2 Å². The lowest BCUT2D eigenvalue weighted by Gasteiger charge is -2.14. The maximum Gasteiger partial charge on any atom is 0.319 e. The first-order valence-corrected chi connectivity index (χ1v) is 10.7. The third-order valence-corrected chi connectivity index (χ3v) is 4.95. The number of halogens is 1. The van der Waals surface area contributed by atoms with Crippen molar-refractivity contribution in [3.63, 3.8) is 0 Å². The highest BCUT2D eigenvalue weighted by Gasteiger charge is 2.15. The Labute approximate surface area is 187 Å². The minimum absolute atomic E-state index is 0.256. The van der Waals surface area contributed by atoms with Gasteiger partial charge in [0.15, 0.2) is 0 Å². The second kappa shape index (κ2) is 10.9.